The standard InChI is InChI=1S/C11H18O5Si/c1-15-9-16-11-6-4-10(5-7-11)3-2-8-17(12,13)14/h4-7,12-14H,2-3,8-9H2,1H3/i12T,13T,14T. The van der Waals surface area contributed by atoms with Gasteiger partial charge in [-0.1, -0.05) is 12.1 Å². The predicted molar refractivity (Wildman–Crippen MR) is 64.5 cm³/mol. The van der Waals surface area contributed by atoms with Crippen molar-refractivity contribution < 1.29 is 23.9 Å². The number of aryl methyl sites for hydroxylation is 1. The molecule has 0 aromatic heterocycles. The smallest absolute Gasteiger partial charge is 0.468 e. The van der Waals surface area contributed by atoms with Gasteiger partial charge in [0.1, 0.15) is 5.75 Å². The molecule has 5 nitrogen and oxygen atoms in total. The van der Waals surface area contributed by atoms with Gasteiger partial charge in [0.05, 0.1) is 0 Å². The molecule has 0 heterocycles. The molecule has 96 valence electrons. The molecule has 0 fully saturated rings. The molecule has 0 saturated heterocycles. The molecular formula is C11H18O5Si. The highest BCUT2D eigenvalue weighted by atomic mass is 28.4. The van der Waals surface area contributed by atoms with Gasteiger partial charge in [0.2, 0.25) is 0 Å². The van der Waals surface area contributed by atoms with Crippen LogP contribution in [-0.2, 0) is 11.2 Å². The lowest BCUT2D eigenvalue weighted by Crippen LogP contribution is -2.34. The van der Waals surface area contributed by atoms with Gasteiger partial charge >= 0.3 is 8.80 Å². The maximum atomic E-state index is 6.83. The number of hydrogen-bond acceptors (Lipinski definition) is 5. The van der Waals surface area contributed by atoms with E-state index in [-0.39, 0.29) is 12.8 Å². The van der Waals surface area contributed by atoms with Crippen LogP contribution in [0.2, 0.25) is 6.04 Å². The lowest BCUT2D eigenvalue weighted by molar-refractivity contribution is 0.0511. The average Bonchev–Trinajstić information content (AvgIpc) is 2.51. The van der Waals surface area contributed by atoms with Crippen LogP contribution in [0.4, 0.5) is 0 Å². The van der Waals surface area contributed by atoms with Crippen molar-refractivity contribution >= 4 is 8.80 Å². The summed E-state index contributed by atoms with van der Waals surface area (Å²) in [7, 11) is -1.88. The van der Waals surface area contributed by atoms with Crippen molar-refractivity contribution in [2.75, 3.05) is 13.9 Å². The topological polar surface area (TPSA) is 79.2 Å². The Labute approximate surface area is 106 Å². The van der Waals surface area contributed by atoms with E-state index in [4.69, 9.17) is 13.8 Å². The maximum absolute atomic E-state index is 6.83. The number of benzene rings is 1. The largest absolute Gasteiger partial charge is 0.492 e. The first kappa shape index (κ1) is 10.0. The Morgan fingerprint density at radius 1 is 1.24 bits per heavy atom. The minimum absolute atomic E-state index is 0.204. The molecule has 0 unspecified atom stereocenters. The first-order chi connectivity index (χ1) is 9.69. The van der Waals surface area contributed by atoms with E-state index in [1.807, 2.05) is 24.3 Å². The van der Waals surface area contributed by atoms with Crippen LogP contribution >= 0.6 is 0 Å². The monoisotopic (exact) mass is 264 g/mol. The summed E-state index contributed by atoms with van der Waals surface area (Å²) in [5.41, 5.74) is 1.07. The SMILES string of the molecule is [3H]O[Si](CCCc1ccc(OCOC)cc1)(O[3H])O[3H]. The Morgan fingerprint density at radius 3 is 2.53 bits per heavy atom. The summed E-state index contributed by atoms with van der Waals surface area (Å²) in [6, 6.07) is 7.74. The normalized spacial score (nSPS) is 13.8. The Kier molecular flexibility index (Phi) is 3.97. The summed E-state index contributed by atoms with van der Waals surface area (Å²) in [6.07, 6.45) is 1.30. The number of methoxy groups -OCH3 is 1. The van der Waals surface area contributed by atoms with E-state index in [2.05, 4.69) is 14.4 Å². The first-order valence-electron chi connectivity index (χ1n) is 6.56. The van der Waals surface area contributed by atoms with Crippen molar-refractivity contribution in [3.05, 3.63) is 29.8 Å². The van der Waals surface area contributed by atoms with E-state index in [0.717, 1.165) is 11.3 Å². The summed E-state index contributed by atoms with van der Waals surface area (Å²) >= 11 is 0. The van der Waals surface area contributed by atoms with Crippen molar-refractivity contribution in [2.24, 2.45) is 0 Å². The van der Waals surface area contributed by atoms with Crippen LogP contribution in [-0.4, -0.2) is 41.4 Å². The number of rotatable bonds is 10. The Hall–Kier alpha value is -0.923. The van der Waals surface area contributed by atoms with E-state index < -0.39 is 8.80 Å². The Balaban J connectivity index is 2.41. The van der Waals surface area contributed by atoms with Gasteiger partial charge in [0.25, 0.3) is 0 Å². The van der Waals surface area contributed by atoms with Crippen LogP contribution in [0, 0.1) is 0 Å². The molecule has 0 aliphatic carbocycles. The molecule has 0 spiro atoms. The van der Waals surface area contributed by atoms with E-state index in [0.29, 0.717) is 12.8 Å². The van der Waals surface area contributed by atoms with Gasteiger partial charge in [0, 0.05) is 13.2 Å². The molecule has 1 aromatic carbocycles. The summed E-state index contributed by atoms with van der Waals surface area (Å²) in [6.45, 7) is 0.204. The van der Waals surface area contributed by atoms with Crippen molar-refractivity contribution in [3.63, 3.8) is 0 Å². The van der Waals surface area contributed by atoms with Crippen molar-refractivity contribution in [1.29, 1.82) is 4.29 Å². The third-order valence-corrected chi connectivity index (χ3v) is 3.18. The molecule has 1 aromatic rings. The van der Waals surface area contributed by atoms with Crippen molar-refractivity contribution in [3.8, 4) is 5.75 Å². The molecule has 0 bridgehead atoms. The van der Waals surface area contributed by atoms with Crippen molar-refractivity contribution in [1.82, 2.24) is 0 Å². The third kappa shape index (κ3) is 6.40. The molecule has 0 radical (unpaired) electrons. The first-order valence-corrected chi connectivity index (χ1v) is 7.26. The number of hydrogen-bond donors (Lipinski definition) is 3. The van der Waals surface area contributed by atoms with Crippen LogP contribution in [0.15, 0.2) is 24.3 Å². The van der Waals surface area contributed by atoms with Crippen LogP contribution in [0.3, 0.4) is 0 Å². The quantitative estimate of drug-likeness (QED) is 0.424. The van der Waals surface area contributed by atoms with Crippen LogP contribution in [0.1, 0.15) is 12.0 Å². The summed E-state index contributed by atoms with van der Waals surface area (Å²) in [5.74, 6) is 0.720. The third-order valence-electron chi connectivity index (χ3n) is 2.22. The van der Waals surface area contributed by atoms with Gasteiger partial charge < -0.3 is 23.9 Å². The van der Waals surface area contributed by atoms with Gasteiger partial charge in [-0.3, -0.25) is 0 Å². The van der Waals surface area contributed by atoms with Gasteiger partial charge in [-0.2, -0.15) is 0 Å². The van der Waals surface area contributed by atoms with Gasteiger partial charge in [-0.05, 0) is 30.5 Å². The zero-order valence-corrected chi connectivity index (χ0v) is 10.7. The van der Waals surface area contributed by atoms with Crippen LogP contribution in [0.25, 0.3) is 0 Å². The highest BCUT2D eigenvalue weighted by molar-refractivity contribution is 6.56. The second-order valence-electron chi connectivity index (χ2n) is 3.73. The average molecular weight is 264 g/mol. The molecule has 0 atom stereocenters. The fraction of sp³-hybridized carbons (Fsp3) is 0.455. The molecule has 0 aliphatic rings. The highest BCUT2D eigenvalue weighted by Gasteiger charge is 2.25. The second-order valence-corrected chi connectivity index (χ2v) is 5.60. The van der Waals surface area contributed by atoms with E-state index in [9.17, 15) is 0 Å². The molecular weight excluding hydrogens is 240 g/mol. The Bertz CT molecular complexity index is 367. The minimum atomic E-state index is -3.44. The fourth-order valence-corrected chi connectivity index (χ4v) is 2.00. The van der Waals surface area contributed by atoms with Crippen molar-refractivity contribution in [2.45, 2.75) is 18.9 Å². The molecule has 17 heavy (non-hydrogen) atoms. The molecule has 0 saturated carbocycles. The van der Waals surface area contributed by atoms with Gasteiger partial charge in [-0.25, -0.2) is 0 Å². The van der Waals surface area contributed by atoms with E-state index in [1.54, 1.807) is 7.11 Å². The Morgan fingerprint density at radius 2 is 1.94 bits per heavy atom. The summed E-state index contributed by atoms with van der Waals surface area (Å²) < 4.78 is 30.6. The van der Waals surface area contributed by atoms with Gasteiger partial charge in [0.15, 0.2) is 11.1 Å². The zero-order valence-electron chi connectivity index (χ0n) is 12.7. The lowest BCUT2D eigenvalue weighted by Gasteiger charge is -2.09. The second kappa shape index (κ2) is 6.73. The van der Waals surface area contributed by atoms with Gasteiger partial charge in [-0.15, -0.1) is 0 Å². The maximum Gasteiger partial charge on any atom is 0.492 e. The highest BCUT2D eigenvalue weighted by Crippen LogP contribution is 2.14. The van der Waals surface area contributed by atoms with Crippen LogP contribution in [0.5, 0.6) is 5.75 Å². The summed E-state index contributed by atoms with van der Waals surface area (Å²) in [4.78, 5) is 12.8. The number of ether oxygens (including phenoxy) is 2. The molecule has 1 rings (SSSR count). The predicted octanol–water partition coefficient (Wildman–Crippen LogP) is 0.518. The summed E-state index contributed by atoms with van der Waals surface area (Å²) in [5, 5.41) is 0. The molecule has 0 aliphatic heterocycles. The lowest BCUT2D eigenvalue weighted by atomic mass is 10.1. The van der Waals surface area contributed by atoms with E-state index >= 15 is 0 Å². The fourth-order valence-electron chi connectivity index (χ4n) is 1.39. The molecule has 0 amide bonds. The molecule has 3 N–H and O–H groups in total. The minimum Gasteiger partial charge on any atom is -0.468 e. The zero-order chi connectivity index (χ0) is 14.8. The van der Waals surface area contributed by atoms with Crippen LogP contribution < -0.4 is 4.74 Å². The van der Waals surface area contributed by atoms with E-state index in [1.165, 1.54) is 0 Å². The molecule has 6 heteroatoms.